The Balaban J connectivity index is 1.50. The number of hydrogen-bond acceptors (Lipinski definition) is 3. The Morgan fingerprint density at radius 3 is 2.58 bits per heavy atom. The first-order valence-corrected chi connectivity index (χ1v) is 8.26. The lowest BCUT2D eigenvalue weighted by Crippen LogP contribution is -2.41. The number of hydrogen-bond donors (Lipinski definition) is 2. The fourth-order valence-corrected chi connectivity index (χ4v) is 2.98. The van der Waals surface area contributed by atoms with Gasteiger partial charge in [-0.25, -0.2) is 9.18 Å². The molecule has 2 N–H and O–H groups in total. The van der Waals surface area contributed by atoms with Crippen LogP contribution in [0.3, 0.4) is 0 Å². The van der Waals surface area contributed by atoms with Gasteiger partial charge in [-0.2, -0.15) is 0 Å². The van der Waals surface area contributed by atoms with Gasteiger partial charge in [0, 0.05) is 13.1 Å². The van der Waals surface area contributed by atoms with Crippen LogP contribution in [0.4, 0.5) is 9.18 Å². The van der Waals surface area contributed by atoms with E-state index < -0.39 is 0 Å². The SMILES string of the molecule is O=C(NCc1ccc(F)cc1)NCC(c1ccco1)N1CCCC1. The number of benzene rings is 1. The Morgan fingerprint density at radius 2 is 1.92 bits per heavy atom. The molecule has 1 saturated heterocycles. The third-order valence-corrected chi connectivity index (χ3v) is 4.28. The summed E-state index contributed by atoms with van der Waals surface area (Å²) in [7, 11) is 0. The van der Waals surface area contributed by atoms with Gasteiger partial charge in [0.1, 0.15) is 11.6 Å². The maximum atomic E-state index is 12.9. The summed E-state index contributed by atoms with van der Waals surface area (Å²) in [6.07, 6.45) is 4.01. The summed E-state index contributed by atoms with van der Waals surface area (Å²) in [5.74, 6) is 0.589. The molecule has 5 nitrogen and oxygen atoms in total. The van der Waals surface area contributed by atoms with Crippen LogP contribution in [0.5, 0.6) is 0 Å². The Hall–Kier alpha value is -2.34. The van der Waals surface area contributed by atoms with Crippen LogP contribution in [0.1, 0.15) is 30.2 Å². The molecule has 1 aliphatic heterocycles. The van der Waals surface area contributed by atoms with Crippen LogP contribution in [0.15, 0.2) is 47.1 Å². The van der Waals surface area contributed by atoms with Crippen molar-refractivity contribution in [2.24, 2.45) is 0 Å². The van der Waals surface area contributed by atoms with Gasteiger partial charge in [-0.05, 0) is 55.8 Å². The van der Waals surface area contributed by atoms with E-state index in [1.54, 1.807) is 18.4 Å². The summed E-state index contributed by atoms with van der Waals surface area (Å²) in [4.78, 5) is 14.4. The van der Waals surface area contributed by atoms with E-state index in [4.69, 9.17) is 4.42 Å². The molecule has 0 radical (unpaired) electrons. The number of amides is 2. The topological polar surface area (TPSA) is 57.5 Å². The van der Waals surface area contributed by atoms with Gasteiger partial charge in [0.25, 0.3) is 0 Å². The van der Waals surface area contributed by atoms with Gasteiger partial charge >= 0.3 is 6.03 Å². The zero-order valence-corrected chi connectivity index (χ0v) is 13.5. The standard InChI is InChI=1S/C18H22FN3O2/c19-15-7-5-14(6-8-15)12-20-18(23)21-13-16(17-4-3-11-24-17)22-9-1-2-10-22/h3-8,11,16H,1-2,9-10,12-13H2,(H2,20,21,23). The highest BCUT2D eigenvalue weighted by Gasteiger charge is 2.25. The number of rotatable bonds is 6. The van der Waals surface area contributed by atoms with Crippen molar-refractivity contribution in [2.45, 2.75) is 25.4 Å². The van der Waals surface area contributed by atoms with Crippen LogP contribution in [0.25, 0.3) is 0 Å². The highest BCUT2D eigenvalue weighted by Crippen LogP contribution is 2.24. The lowest BCUT2D eigenvalue weighted by Gasteiger charge is -2.26. The van der Waals surface area contributed by atoms with E-state index in [9.17, 15) is 9.18 Å². The molecule has 1 aromatic heterocycles. The fraction of sp³-hybridized carbons (Fsp3) is 0.389. The molecule has 3 rings (SSSR count). The molecule has 1 atom stereocenters. The lowest BCUT2D eigenvalue weighted by atomic mass is 10.2. The number of furan rings is 1. The van der Waals surface area contributed by atoms with Crippen molar-refractivity contribution in [3.05, 3.63) is 59.8 Å². The van der Waals surface area contributed by atoms with Crippen LogP contribution in [-0.4, -0.2) is 30.6 Å². The van der Waals surface area contributed by atoms with Crippen LogP contribution >= 0.6 is 0 Å². The van der Waals surface area contributed by atoms with Crippen LogP contribution in [-0.2, 0) is 6.54 Å². The minimum Gasteiger partial charge on any atom is -0.468 e. The zero-order chi connectivity index (χ0) is 16.8. The van der Waals surface area contributed by atoms with E-state index in [1.807, 2.05) is 12.1 Å². The number of nitrogens with zero attached hydrogens (tertiary/aromatic N) is 1. The Morgan fingerprint density at radius 1 is 1.17 bits per heavy atom. The highest BCUT2D eigenvalue weighted by molar-refractivity contribution is 5.73. The minimum absolute atomic E-state index is 0.0547. The number of urea groups is 1. The Labute approximate surface area is 140 Å². The lowest BCUT2D eigenvalue weighted by molar-refractivity contribution is 0.203. The quantitative estimate of drug-likeness (QED) is 0.855. The van der Waals surface area contributed by atoms with Crippen molar-refractivity contribution in [1.29, 1.82) is 0 Å². The molecule has 2 amide bonds. The van der Waals surface area contributed by atoms with Crippen molar-refractivity contribution in [2.75, 3.05) is 19.6 Å². The monoisotopic (exact) mass is 331 g/mol. The Bertz CT molecular complexity index is 637. The van der Waals surface area contributed by atoms with E-state index in [-0.39, 0.29) is 17.9 Å². The second-order valence-electron chi connectivity index (χ2n) is 5.96. The van der Waals surface area contributed by atoms with E-state index >= 15 is 0 Å². The molecule has 1 unspecified atom stereocenters. The van der Waals surface area contributed by atoms with Gasteiger partial charge in [0.05, 0.1) is 12.3 Å². The third kappa shape index (κ3) is 4.35. The maximum Gasteiger partial charge on any atom is 0.315 e. The van der Waals surface area contributed by atoms with Crippen LogP contribution in [0, 0.1) is 5.82 Å². The maximum absolute atomic E-state index is 12.9. The first-order chi connectivity index (χ1) is 11.7. The van der Waals surface area contributed by atoms with Gasteiger partial charge in [0.15, 0.2) is 0 Å². The number of halogens is 1. The van der Waals surface area contributed by atoms with Crippen LogP contribution < -0.4 is 10.6 Å². The summed E-state index contributed by atoms with van der Waals surface area (Å²) < 4.78 is 18.4. The summed E-state index contributed by atoms with van der Waals surface area (Å²) in [6, 6.07) is 9.71. The van der Waals surface area contributed by atoms with E-state index in [1.165, 1.54) is 25.0 Å². The molecule has 1 aromatic carbocycles. The third-order valence-electron chi connectivity index (χ3n) is 4.28. The van der Waals surface area contributed by atoms with Crippen LogP contribution in [0.2, 0.25) is 0 Å². The molecule has 6 heteroatoms. The fourth-order valence-electron chi connectivity index (χ4n) is 2.98. The van der Waals surface area contributed by atoms with Gasteiger partial charge < -0.3 is 15.1 Å². The van der Waals surface area contributed by atoms with Crippen molar-refractivity contribution in [3.63, 3.8) is 0 Å². The summed E-state index contributed by atoms with van der Waals surface area (Å²) in [5.41, 5.74) is 0.855. The van der Waals surface area contributed by atoms with E-state index in [0.29, 0.717) is 13.1 Å². The van der Waals surface area contributed by atoms with E-state index in [2.05, 4.69) is 15.5 Å². The summed E-state index contributed by atoms with van der Waals surface area (Å²) in [6.45, 7) is 2.89. The van der Waals surface area contributed by atoms with Crippen molar-refractivity contribution < 1.29 is 13.6 Å². The second kappa shape index (κ2) is 7.97. The molecule has 1 aliphatic rings. The summed E-state index contributed by atoms with van der Waals surface area (Å²) >= 11 is 0. The molecular formula is C18H22FN3O2. The molecule has 1 fully saturated rings. The second-order valence-corrected chi connectivity index (χ2v) is 5.96. The first kappa shape index (κ1) is 16.5. The smallest absolute Gasteiger partial charge is 0.315 e. The molecule has 2 aromatic rings. The van der Waals surface area contributed by atoms with Crippen molar-refractivity contribution >= 4 is 6.03 Å². The number of carbonyl (C=O) groups is 1. The van der Waals surface area contributed by atoms with Gasteiger partial charge in [-0.3, -0.25) is 4.90 Å². The molecule has 128 valence electrons. The predicted molar refractivity (Wildman–Crippen MR) is 88.9 cm³/mol. The zero-order valence-electron chi connectivity index (χ0n) is 13.5. The molecule has 0 saturated carbocycles. The number of nitrogens with one attached hydrogen (secondary N) is 2. The molecular weight excluding hydrogens is 309 g/mol. The number of likely N-dealkylation sites (tertiary alicyclic amines) is 1. The number of carbonyl (C=O) groups excluding carboxylic acids is 1. The van der Waals surface area contributed by atoms with Gasteiger partial charge in [-0.15, -0.1) is 0 Å². The average molecular weight is 331 g/mol. The summed E-state index contributed by atoms with van der Waals surface area (Å²) in [5, 5.41) is 5.69. The molecule has 24 heavy (non-hydrogen) atoms. The molecule has 0 spiro atoms. The van der Waals surface area contributed by atoms with Gasteiger partial charge in [-0.1, -0.05) is 12.1 Å². The van der Waals surface area contributed by atoms with E-state index in [0.717, 1.165) is 24.4 Å². The van der Waals surface area contributed by atoms with Crippen molar-refractivity contribution in [1.82, 2.24) is 15.5 Å². The molecule has 2 heterocycles. The average Bonchev–Trinajstić information content (AvgIpc) is 3.29. The first-order valence-electron chi connectivity index (χ1n) is 8.26. The van der Waals surface area contributed by atoms with Crippen molar-refractivity contribution in [3.8, 4) is 0 Å². The predicted octanol–water partition coefficient (Wildman–Crippen LogP) is 3.06. The molecule has 0 aliphatic carbocycles. The molecule has 0 bridgehead atoms. The normalized spacial score (nSPS) is 16.0. The highest BCUT2D eigenvalue weighted by atomic mass is 19.1. The minimum atomic E-state index is -0.282. The van der Waals surface area contributed by atoms with Gasteiger partial charge in [0.2, 0.25) is 0 Å². The Kier molecular flexibility index (Phi) is 5.48. The largest absolute Gasteiger partial charge is 0.468 e.